The minimum absolute atomic E-state index is 0.00150. The summed E-state index contributed by atoms with van der Waals surface area (Å²) in [5.41, 5.74) is 5.54. The molecule has 1 aromatic heterocycles. The van der Waals surface area contributed by atoms with Crippen molar-refractivity contribution in [3.63, 3.8) is 0 Å². The number of alkyl halides is 3. The minimum Gasteiger partial charge on any atom is -0.488 e. The molecule has 4 nitrogen and oxygen atoms in total. The number of benzene rings is 2. The molecule has 182 valence electrons. The summed E-state index contributed by atoms with van der Waals surface area (Å²) in [5, 5.41) is 0.646. The third kappa shape index (κ3) is 4.14. The molecule has 3 aromatic rings. The fraction of sp³-hybridized carbons (Fsp3) is 0.333. The number of carbonyl (C=O) groups excluding carboxylic acids is 1. The van der Waals surface area contributed by atoms with Crippen LogP contribution in [0.2, 0.25) is 0 Å². The number of thiazole rings is 1. The molecule has 1 aliphatic heterocycles. The van der Waals surface area contributed by atoms with Gasteiger partial charge in [0.1, 0.15) is 23.5 Å². The van der Waals surface area contributed by atoms with Crippen LogP contribution in [-0.2, 0) is 28.7 Å². The molecule has 0 radical (unpaired) electrons. The first kappa shape index (κ1) is 23.6. The molecule has 2 heterocycles. The second-order valence-corrected chi connectivity index (χ2v) is 10.2. The van der Waals surface area contributed by atoms with E-state index in [1.54, 1.807) is 0 Å². The second kappa shape index (κ2) is 8.52. The van der Waals surface area contributed by atoms with Crippen molar-refractivity contribution in [2.75, 3.05) is 0 Å². The minimum atomic E-state index is -4.37. The fourth-order valence-electron chi connectivity index (χ4n) is 4.95. The number of ether oxygens (including phenoxy) is 2. The predicted molar refractivity (Wildman–Crippen MR) is 127 cm³/mol. The van der Waals surface area contributed by atoms with E-state index < -0.39 is 11.7 Å². The number of halogens is 3. The topological polar surface area (TPSA) is 48.4 Å². The number of hydrogen-bond acceptors (Lipinski definition) is 5. The van der Waals surface area contributed by atoms with E-state index in [1.165, 1.54) is 29.0 Å². The number of rotatable bonds is 4. The third-order valence-electron chi connectivity index (χ3n) is 6.93. The monoisotopic (exact) mass is 499 g/mol. The molecule has 0 bridgehead atoms. The average molecular weight is 500 g/mol. The molecule has 1 fully saturated rings. The lowest BCUT2D eigenvalue weighted by atomic mass is 9.76. The van der Waals surface area contributed by atoms with Crippen molar-refractivity contribution in [2.24, 2.45) is 5.92 Å². The molecule has 1 saturated heterocycles. The summed E-state index contributed by atoms with van der Waals surface area (Å²) in [6.07, 6.45) is -2.98. The van der Waals surface area contributed by atoms with E-state index >= 15 is 0 Å². The quantitative estimate of drug-likeness (QED) is 0.285. The van der Waals surface area contributed by atoms with E-state index in [0.29, 0.717) is 16.1 Å². The Balaban J connectivity index is 1.39. The van der Waals surface area contributed by atoms with Crippen molar-refractivity contribution in [2.45, 2.75) is 52.5 Å². The normalized spacial score (nSPS) is 19.4. The summed E-state index contributed by atoms with van der Waals surface area (Å²) in [7, 11) is 0. The van der Waals surface area contributed by atoms with Gasteiger partial charge in [-0.15, -0.1) is 11.3 Å². The third-order valence-corrected chi connectivity index (χ3v) is 8.11. The summed E-state index contributed by atoms with van der Waals surface area (Å²) < 4.78 is 50.5. The van der Waals surface area contributed by atoms with Gasteiger partial charge in [-0.3, -0.25) is 0 Å². The number of aryl methyl sites for hydroxylation is 2. The molecule has 0 unspecified atom stereocenters. The SMILES string of the molecule is C=C1C(=O)O[C@H]2c3c(C)c(OCc4sc(-c5ccc(C(F)(F)F)cc5)nc4C)cc(C)c3CC[C@@H]12. The van der Waals surface area contributed by atoms with Gasteiger partial charge >= 0.3 is 12.1 Å². The van der Waals surface area contributed by atoms with Gasteiger partial charge in [0.2, 0.25) is 0 Å². The van der Waals surface area contributed by atoms with Crippen molar-refractivity contribution >= 4 is 17.3 Å². The Morgan fingerprint density at radius 1 is 1.20 bits per heavy atom. The van der Waals surface area contributed by atoms with Crippen molar-refractivity contribution in [1.82, 2.24) is 4.98 Å². The lowest BCUT2D eigenvalue weighted by Gasteiger charge is -2.30. The highest BCUT2D eigenvalue weighted by Gasteiger charge is 2.44. The van der Waals surface area contributed by atoms with Crippen LogP contribution in [-0.4, -0.2) is 11.0 Å². The molecule has 5 rings (SSSR count). The lowest BCUT2D eigenvalue weighted by molar-refractivity contribution is -0.140. The van der Waals surface area contributed by atoms with Crippen molar-refractivity contribution in [3.05, 3.63) is 80.9 Å². The number of fused-ring (bicyclic) bond motifs is 3. The molecule has 0 N–H and O–H groups in total. The molecule has 0 amide bonds. The summed E-state index contributed by atoms with van der Waals surface area (Å²) in [4.78, 5) is 17.6. The van der Waals surface area contributed by atoms with Gasteiger partial charge in [0.15, 0.2) is 0 Å². The van der Waals surface area contributed by atoms with E-state index in [-0.39, 0.29) is 24.6 Å². The summed E-state index contributed by atoms with van der Waals surface area (Å²) >= 11 is 1.40. The average Bonchev–Trinajstić information content (AvgIpc) is 3.33. The molecule has 0 saturated carbocycles. The van der Waals surface area contributed by atoms with Gasteiger partial charge in [0.25, 0.3) is 0 Å². The zero-order chi connectivity index (χ0) is 25.1. The smallest absolute Gasteiger partial charge is 0.416 e. The van der Waals surface area contributed by atoms with Crippen LogP contribution in [0.1, 0.15) is 50.9 Å². The van der Waals surface area contributed by atoms with Crippen LogP contribution in [0.4, 0.5) is 13.2 Å². The maximum atomic E-state index is 12.9. The molecule has 1 aliphatic carbocycles. The van der Waals surface area contributed by atoms with Crippen LogP contribution >= 0.6 is 11.3 Å². The van der Waals surface area contributed by atoms with Crippen molar-refractivity contribution in [3.8, 4) is 16.3 Å². The molecule has 2 aromatic carbocycles. The predicted octanol–water partition coefficient (Wildman–Crippen LogP) is 7.05. The fourth-order valence-corrected chi connectivity index (χ4v) is 5.93. The first-order chi connectivity index (χ1) is 16.5. The van der Waals surface area contributed by atoms with Crippen LogP contribution in [0.3, 0.4) is 0 Å². The number of esters is 1. The van der Waals surface area contributed by atoms with E-state index in [4.69, 9.17) is 9.47 Å². The Hall–Kier alpha value is -3.13. The Bertz CT molecular complexity index is 1340. The van der Waals surface area contributed by atoms with Crippen LogP contribution in [0.25, 0.3) is 10.6 Å². The van der Waals surface area contributed by atoms with E-state index in [2.05, 4.69) is 11.6 Å². The lowest BCUT2D eigenvalue weighted by Crippen LogP contribution is -2.20. The van der Waals surface area contributed by atoms with Crippen molar-refractivity contribution < 1.29 is 27.4 Å². The molecular weight excluding hydrogens is 475 g/mol. The summed E-state index contributed by atoms with van der Waals surface area (Å²) in [6.45, 7) is 10.1. The molecule has 0 spiro atoms. The Labute approximate surface area is 205 Å². The van der Waals surface area contributed by atoms with E-state index in [9.17, 15) is 18.0 Å². The number of hydrogen-bond donors (Lipinski definition) is 0. The summed E-state index contributed by atoms with van der Waals surface area (Å²) in [6, 6.07) is 7.04. The highest BCUT2D eigenvalue weighted by Crippen LogP contribution is 2.49. The molecular formula is C27H24F3NO3S. The van der Waals surface area contributed by atoms with Gasteiger partial charge in [-0.2, -0.15) is 13.2 Å². The summed E-state index contributed by atoms with van der Waals surface area (Å²) in [5.74, 6) is 0.394. The van der Waals surface area contributed by atoms with Crippen LogP contribution in [0, 0.1) is 26.7 Å². The van der Waals surface area contributed by atoms with Crippen LogP contribution < -0.4 is 4.74 Å². The molecule has 35 heavy (non-hydrogen) atoms. The van der Waals surface area contributed by atoms with E-state index in [0.717, 1.165) is 58.0 Å². The van der Waals surface area contributed by atoms with Gasteiger partial charge in [-0.05, 0) is 68.5 Å². The van der Waals surface area contributed by atoms with Gasteiger partial charge < -0.3 is 9.47 Å². The zero-order valence-corrected chi connectivity index (χ0v) is 20.4. The van der Waals surface area contributed by atoms with Gasteiger partial charge in [0.05, 0.1) is 16.1 Å². The molecule has 8 heteroatoms. The first-order valence-electron chi connectivity index (χ1n) is 11.3. The zero-order valence-electron chi connectivity index (χ0n) is 19.6. The van der Waals surface area contributed by atoms with E-state index in [1.807, 2.05) is 26.8 Å². The molecule has 2 aliphatic rings. The number of aromatic nitrogens is 1. The maximum Gasteiger partial charge on any atom is 0.416 e. The highest BCUT2D eigenvalue weighted by atomic mass is 32.1. The highest BCUT2D eigenvalue weighted by molar-refractivity contribution is 7.15. The largest absolute Gasteiger partial charge is 0.488 e. The van der Waals surface area contributed by atoms with Gasteiger partial charge in [-0.1, -0.05) is 18.7 Å². The van der Waals surface area contributed by atoms with Gasteiger partial charge in [-0.25, -0.2) is 9.78 Å². The van der Waals surface area contributed by atoms with Crippen LogP contribution in [0.5, 0.6) is 5.75 Å². The van der Waals surface area contributed by atoms with Crippen LogP contribution in [0.15, 0.2) is 42.5 Å². The maximum absolute atomic E-state index is 12.9. The number of nitrogens with zero attached hydrogens (tertiary/aromatic N) is 1. The standard InChI is InChI=1S/C27H24F3NO3S/c1-13-11-21(15(3)23-19(13)9-10-20-14(2)26(32)34-24(20)23)33-12-22-16(4)31-25(35-22)17-5-7-18(8-6-17)27(28,29)30/h5-8,11,20,24H,2,9-10,12H2,1,3-4H3/t20-,24+/m0/s1. The van der Waals surface area contributed by atoms with Gasteiger partial charge in [0, 0.05) is 22.6 Å². The van der Waals surface area contributed by atoms with Crippen molar-refractivity contribution in [1.29, 1.82) is 0 Å². The number of carbonyl (C=O) groups is 1. The Morgan fingerprint density at radius 3 is 2.60 bits per heavy atom. The second-order valence-electron chi connectivity index (χ2n) is 9.10. The molecule has 2 atom stereocenters. The first-order valence-corrected chi connectivity index (χ1v) is 12.2. The Kier molecular flexibility index (Phi) is 5.74. The Morgan fingerprint density at radius 2 is 1.91 bits per heavy atom.